The van der Waals surface area contributed by atoms with E-state index in [0.29, 0.717) is 58.5 Å². The molecule has 0 aliphatic carbocycles. The molecule has 0 fully saturated rings. The van der Waals surface area contributed by atoms with Crippen molar-refractivity contribution in [1.82, 2.24) is 14.8 Å². The number of hydrogen-bond acceptors (Lipinski definition) is 8. The van der Waals surface area contributed by atoms with Gasteiger partial charge in [-0.2, -0.15) is 4.98 Å². The molecule has 1 aromatic heterocycles. The number of halogens is 1. The number of rotatable bonds is 11. The van der Waals surface area contributed by atoms with E-state index in [9.17, 15) is 4.79 Å². The van der Waals surface area contributed by atoms with Crippen LogP contribution in [0, 0.1) is 0 Å². The maximum Gasteiger partial charge on any atom is 0.255 e. The van der Waals surface area contributed by atoms with Gasteiger partial charge in [-0.05, 0) is 86.1 Å². The number of aromatic nitrogens is 3. The Labute approximate surface area is 241 Å². The highest BCUT2D eigenvalue weighted by Crippen LogP contribution is 2.44. The zero-order valence-electron chi connectivity index (χ0n) is 23.0. The maximum atomic E-state index is 14.0. The Bertz CT molecular complexity index is 1370. The van der Waals surface area contributed by atoms with Gasteiger partial charge in [-0.25, -0.2) is 4.68 Å². The Kier molecular flexibility index (Phi) is 9.45. The van der Waals surface area contributed by atoms with Crippen LogP contribution in [0.4, 0.5) is 11.6 Å². The zero-order chi connectivity index (χ0) is 28.1. The lowest BCUT2D eigenvalue weighted by Gasteiger charge is -2.29. The molecule has 0 spiro atoms. The highest BCUT2D eigenvalue weighted by molar-refractivity contribution is 9.10. The molecule has 9 nitrogen and oxygen atoms in total. The van der Waals surface area contributed by atoms with E-state index in [-0.39, 0.29) is 12.0 Å². The standard InChI is InChI=1S/C28H34BrN5O4S/c1-7-36-21-13-11-10-12-20(21)31-26(35)23-17(6)30-27-32-28(39-9-3)33-34(27)24(23)18-14-19(29)25(38-16(4)5)22(15-18)37-8-2/h10-16,24H,7-9H2,1-6H3,(H,31,35)(H,30,32,33). The number of anilines is 2. The van der Waals surface area contributed by atoms with Crippen LogP contribution in [0.15, 0.2) is 57.3 Å². The van der Waals surface area contributed by atoms with Crippen molar-refractivity contribution in [3.05, 3.63) is 57.7 Å². The minimum absolute atomic E-state index is 0.0466. The fraction of sp³-hybridized carbons (Fsp3) is 0.393. The number of benzene rings is 2. The smallest absolute Gasteiger partial charge is 0.255 e. The van der Waals surface area contributed by atoms with Crippen LogP contribution >= 0.6 is 27.7 Å². The van der Waals surface area contributed by atoms with Crippen molar-refractivity contribution < 1.29 is 19.0 Å². The van der Waals surface area contributed by atoms with E-state index in [4.69, 9.17) is 19.3 Å². The van der Waals surface area contributed by atoms with E-state index in [1.54, 1.807) is 4.68 Å². The summed E-state index contributed by atoms with van der Waals surface area (Å²) in [5.74, 6) is 2.91. The second-order valence-corrected chi connectivity index (χ2v) is 11.1. The lowest BCUT2D eigenvalue weighted by Crippen LogP contribution is -2.31. The summed E-state index contributed by atoms with van der Waals surface area (Å²) < 4.78 is 20.3. The van der Waals surface area contributed by atoms with E-state index in [1.807, 2.05) is 77.9 Å². The van der Waals surface area contributed by atoms with E-state index < -0.39 is 6.04 Å². The molecule has 1 unspecified atom stereocenters. The van der Waals surface area contributed by atoms with E-state index in [2.05, 4.69) is 31.5 Å². The van der Waals surface area contributed by atoms with Gasteiger partial charge in [0.05, 0.1) is 35.1 Å². The average Bonchev–Trinajstić information content (AvgIpc) is 3.28. The normalized spacial score (nSPS) is 14.6. The lowest BCUT2D eigenvalue weighted by atomic mass is 9.94. The molecule has 1 atom stereocenters. The summed E-state index contributed by atoms with van der Waals surface area (Å²) in [5.41, 5.74) is 2.56. The molecular formula is C28H34BrN5O4S. The number of para-hydroxylation sites is 2. The molecule has 0 saturated heterocycles. The second-order valence-electron chi connectivity index (χ2n) is 8.97. The van der Waals surface area contributed by atoms with Crippen LogP contribution in [0.1, 0.15) is 53.1 Å². The summed E-state index contributed by atoms with van der Waals surface area (Å²) in [6, 6.07) is 10.7. The fourth-order valence-corrected chi connectivity index (χ4v) is 5.43. The first-order valence-corrected chi connectivity index (χ1v) is 14.8. The number of carbonyl (C=O) groups excluding carboxylic acids is 1. The Morgan fingerprint density at radius 2 is 1.87 bits per heavy atom. The summed E-state index contributed by atoms with van der Waals surface area (Å²) in [4.78, 5) is 18.6. The Balaban J connectivity index is 1.84. The number of allylic oxidation sites excluding steroid dienone is 1. The number of amides is 1. The minimum Gasteiger partial charge on any atom is -0.492 e. The van der Waals surface area contributed by atoms with Gasteiger partial charge in [0.25, 0.3) is 5.91 Å². The van der Waals surface area contributed by atoms with Crippen molar-refractivity contribution in [2.75, 3.05) is 29.6 Å². The molecule has 2 N–H and O–H groups in total. The Morgan fingerprint density at radius 3 is 2.56 bits per heavy atom. The monoisotopic (exact) mass is 615 g/mol. The van der Waals surface area contributed by atoms with Gasteiger partial charge in [0.15, 0.2) is 11.5 Å². The first kappa shape index (κ1) is 28.8. The van der Waals surface area contributed by atoms with Crippen LogP contribution in [0.3, 0.4) is 0 Å². The third-order valence-corrected chi connectivity index (χ3v) is 7.10. The number of nitrogens with one attached hydrogen (secondary N) is 2. The minimum atomic E-state index is -0.581. The first-order chi connectivity index (χ1) is 18.8. The van der Waals surface area contributed by atoms with Crippen molar-refractivity contribution in [2.45, 2.75) is 58.8 Å². The number of thioether (sulfide) groups is 1. The van der Waals surface area contributed by atoms with Crippen LogP contribution in [-0.4, -0.2) is 45.7 Å². The second kappa shape index (κ2) is 12.8. The molecular weight excluding hydrogens is 582 g/mol. The third kappa shape index (κ3) is 6.36. The Morgan fingerprint density at radius 1 is 1.15 bits per heavy atom. The average molecular weight is 617 g/mol. The molecule has 3 aromatic rings. The van der Waals surface area contributed by atoms with E-state index >= 15 is 0 Å². The molecule has 1 amide bonds. The topological polar surface area (TPSA) is 99.5 Å². The highest BCUT2D eigenvalue weighted by atomic mass is 79.9. The third-order valence-electron chi connectivity index (χ3n) is 5.79. The molecule has 4 rings (SSSR count). The predicted octanol–water partition coefficient (Wildman–Crippen LogP) is 6.66. The van der Waals surface area contributed by atoms with Gasteiger partial charge in [-0.15, -0.1) is 5.10 Å². The molecule has 2 heterocycles. The van der Waals surface area contributed by atoms with E-state index in [1.165, 1.54) is 11.8 Å². The molecule has 0 saturated carbocycles. The molecule has 208 valence electrons. The number of fused-ring (bicyclic) bond motifs is 1. The fourth-order valence-electron chi connectivity index (χ4n) is 4.32. The van der Waals surface area contributed by atoms with E-state index in [0.717, 1.165) is 15.8 Å². The van der Waals surface area contributed by atoms with Crippen LogP contribution in [0.2, 0.25) is 0 Å². The molecule has 39 heavy (non-hydrogen) atoms. The van der Waals surface area contributed by atoms with Gasteiger partial charge < -0.3 is 24.8 Å². The van der Waals surface area contributed by atoms with Crippen molar-refractivity contribution in [1.29, 1.82) is 0 Å². The number of ether oxygens (including phenoxy) is 3. The van der Waals surface area contributed by atoms with Gasteiger partial charge in [0, 0.05) is 5.70 Å². The summed E-state index contributed by atoms with van der Waals surface area (Å²) in [5, 5.41) is 11.7. The first-order valence-electron chi connectivity index (χ1n) is 13.0. The lowest BCUT2D eigenvalue weighted by molar-refractivity contribution is -0.113. The number of carbonyl (C=O) groups is 1. The van der Waals surface area contributed by atoms with Gasteiger partial charge in [0.2, 0.25) is 11.1 Å². The summed E-state index contributed by atoms with van der Waals surface area (Å²) >= 11 is 5.22. The molecule has 1 aliphatic rings. The quantitative estimate of drug-likeness (QED) is 0.231. The molecule has 11 heteroatoms. The zero-order valence-corrected chi connectivity index (χ0v) is 25.4. The predicted molar refractivity (Wildman–Crippen MR) is 158 cm³/mol. The summed E-state index contributed by atoms with van der Waals surface area (Å²) in [7, 11) is 0. The van der Waals surface area contributed by atoms with Crippen molar-refractivity contribution >= 4 is 45.2 Å². The maximum absolute atomic E-state index is 14.0. The largest absolute Gasteiger partial charge is 0.492 e. The van der Waals surface area contributed by atoms with Crippen molar-refractivity contribution in [3.8, 4) is 17.2 Å². The van der Waals surface area contributed by atoms with Gasteiger partial charge in [-0.3, -0.25) is 4.79 Å². The van der Waals surface area contributed by atoms with Crippen molar-refractivity contribution in [3.63, 3.8) is 0 Å². The molecule has 1 aliphatic heterocycles. The number of nitrogens with zero attached hydrogens (tertiary/aromatic N) is 3. The van der Waals surface area contributed by atoms with Crippen LogP contribution in [0.5, 0.6) is 17.2 Å². The van der Waals surface area contributed by atoms with Gasteiger partial charge in [0.1, 0.15) is 11.8 Å². The molecule has 0 radical (unpaired) electrons. The highest BCUT2D eigenvalue weighted by Gasteiger charge is 2.35. The van der Waals surface area contributed by atoms with Gasteiger partial charge >= 0.3 is 0 Å². The summed E-state index contributed by atoms with van der Waals surface area (Å²) in [6.07, 6.45) is -0.0466. The van der Waals surface area contributed by atoms with Crippen LogP contribution < -0.4 is 24.8 Å². The summed E-state index contributed by atoms with van der Waals surface area (Å²) in [6.45, 7) is 12.6. The number of hydrogen-bond donors (Lipinski definition) is 2. The Hall–Kier alpha value is -3.18. The van der Waals surface area contributed by atoms with Crippen molar-refractivity contribution in [2.24, 2.45) is 0 Å². The SMILES string of the molecule is CCOc1ccccc1NC(=O)C1=C(C)Nc2nc(SCC)nn2C1c1cc(Br)c(OC(C)C)c(OCC)c1. The molecule has 0 bridgehead atoms. The molecule has 2 aromatic carbocycles. The van der Waals surface area contributed by atoms with Crippen LogP contribution in [-0.2, 0) is 4.79 Å². The van der Waals surface area contributed by atoms with Gasteiger partial charge in [-0.1, -0.05) is 30.8 Å². The van der Waals surface area contributed by atoms with Crippen LogP contribution in [0.25, 0.3) is 0 Å².